The van der Waals surface area contributed by atoms with Gasteiger partial charge in [-0.1, -0.05) is 30.3 Å². The second kappa shape index (κ2) is 9.28. The van der Waals surface area contributed by atoms with Gasteiger partial charge in [0.1, 0.15) is 5.82 Å². The quantitative estimate of drug-likeness (QED) is 0.472. The number of guanidine groups is 1. The van der Waals surface area contributed by atoms with Crippen molar-refractivity contribution in [2.45, 2.75) is 13.1 Å². The molecule has 6 heteroatoms. The Morgan fingerprint density at radius 1 is 1.10 bits per heavy atom. The average Bonchev–Trinajstić information content (AvgIpc) is 2.50. The molecule has 21 heavy (non-hydrogen) atoms. The SMILES string of the molecule is CN=C(NCc1ccccc1)NCc1ncccc1F.I. The maximum Gasteiger partial charge on any atom is 0.191 e. The summed E-state index contributed by atoms with van der Waals surface area (Å²) in [5, 5.41) is 6.20. The fourth-order valence-electron chi connectivity index (χ4n) is 1.72. The second-order valence-corrected chi connectivity index (χ2v) is 4.20. The van der Waals surface area contributed by atoms with Crippen LogP contribution >= 0.6 is 24.0 Å². The molecule has 4 nitrogen and oxygen atoms in total. The van der Waals surface area contributed by atoms with Gasteiger partial charge in [0.2, 0.25) is 0 Å². The summed E-state index contributed by atoms with van der Waals surface area (Å²) in [5.74, 6) is 0.289. The molecule has 0 radical (unpaired) electrons. The van der Waals surface area contributed by atoms with Crippen LogP contribution in [-0.4, -0.2) is 18.0 Å². The van der Waals surface area contributed by atoms with Crippen LogP contribution in [0.15, 0.2) is 53.7 Å². The number of pyridine rings is 1. The van der Waals surface area contributed by atoms with Crippen LogP contribution < -0.4 is 10.6 Å². The van der Waals surface area contributed by atoms with E-state index in [1.165, 1.54) is 6.07 Å². The Morgan fingerprint density at radius 2 is 1.81 bits per heavy atom. The van der Waals surface area contributed by atoms with Gasteiger partial charge >= 0.3 is 0 Å². The van der Waals surface area contributed by atoms with Crippen molar-refractivity contribution >= 4 is 29.9 Å². The van der Waals surface area contributed by atoms with Crippen LogP contribution in [0, 0.1) is 5.82 Å². The molecule has 1 aromatic heterocycles. The van der Waals surface area contributed by atoms with E-state index in [0.29, 0.717) is 24.7 Å². The van der Waals surface area contributed by atoms with Gasteiger partial charge in [0.25, 0.3) is 0 Å². The molecule has 0 amide bonds. The molecule has 0 bridgehead atoms. The van der Waals surface area contributed by atoms with Crippen LogP contribution in [0.1, 0.15) is 11.3 Å². The lowest BCUT2D eigenvalue weighted by Crippen LogP contribution is -2.36. The zero-order chi connectivity index (χ0) is 14.2. The number of aromatic nitrogens is 1. The van der Waals surface area contributed by atoms with Crippen molar-refractivity contribution in [3.05, 3.63) is 65.7 Å². The fourth-order valence-corrected chi connectivity index (χ4v) is 1.72. The molecular weight excluding hydrogens is 382 g/mol. The molecule has 0 unspecified atom stereocenters. The molecule has 0 aliphatic carbocycles. The smallest absolute Gasteiger partial charge is 0.191 e. The number of nitrogens with one attached hydrogen (secondary N) is 2. The Labute approximate surface area is 140 Å². The van der Waals surface area contributed by atoms with Crippen LogP contribution in [0.25, 0.3) is 0 Å². The van der Waals surface area contributed by atoms with Crippen LogP contribution in [0.2, 0.25) is 0 Å². The average molecular weight is 400 g/mol. The lowest BCUT2D eigenvalue weighted by molar-refractivity contribution is 0.592. The highest BCUT2D eigenvalue weighted by Gasteiger charge is 2.03. The molecule has 0 aliphatic heterocycles. The van der Waals surface area contributed by atoms with Crippen molar-refractivity contribution in [3.8, 4) is 0 Å². The first kappa shape index (κ1) is 17.4. The Balaban J connectivity index is 0.00000220. The van der Waals surface area contributed by atoms with Crippen molar-refractivity contribution < 1.29 is 4.39 Å². The first-order valence-corrected chi connectivity index (χ1v) is 6.37. The molecule has 2 aromatic rings. The number of benzene rings is 1. The number of hydrogen-bond acceptors (Lipinski definition) is 2. The maximum atomic E-state index is 13.4. The van der Waals surface area contributed by atoms with Crippen LogP contribution in [0.3, 0.4) is 0 Å². The lowest BCUT2D eigenvalue weighted by atomic mass is 10.2. The van der Waals surface area contributed by atoms with Gasteiger partial charge in [-0.15, -0.1) is 24.0 Å². The standard InChI is InChI=1S/C15H17FN4.HI/c1-17-15(19-10-12-6-3-2-4-7-12)20-11-14-13(16)8-5-9-18-14;/h2-9H,10-11H2,1H3,(H2,17,19,20);1H. The minimum atomic E-state index is -0.321. The Morgan fingerprint density at radius 3 is 2.48 bits per heavy atom. The summed E-state index contributed by atoms with van der Waals surface area (Å²) < 4.78 is 13.4. The predicted molar refractivity (Wildman–Crippen MR) is 93.1 cm³/mol. The monoisotopic (exact) mass is 400 g/mol. The van der Waals surface area contributed by atoms with Crippen LogP contribution in [0.5, 0.6) is 0 Å². The first-order chi connectivity index (χ1) is 9.79. The van der Waals surface area contributed by atoms with E-state index in [1.54, 1.807) is 19.3 Å². The third-order valence-corrected chi connectivity index (χ3v) is 2.78. The van der Waals surface area contributed by atoms with Gasteiger partial charge in [-0.05, 0) is 17.7 Å². The normalized spacial score (nSPS) is 10.7. The molecule has 1 heterocycles. The second-order valence-electron chi connectivity index (χ2n) is 4.20. The number of rotatable bonds is 4. The molecule has 0 atom stereocenters. The Bertz CT molecular complexity index is 575. The van der Waals surface area contributed by atoms with Crippen molar-refractivity contribution in [1.82, 2.24) is 15.6 Å². The zero-order valence-electron chi connectivity index (χ0n) is 11.7. The number of aliphatic imine (C=N–C) groups is 1. The summed E-state index contributed by atoms with van der Waals surface area (Å²) in [6.45, 7) is 0.951. The topological polar surface area (TPSA) is 49.3 Å². The maximum absolute atomic E-state index is 13.4. The van der Waals surface area contributed by atoms with Gasteiger partial charge in [0, 0.05) is 19.8 Å². The van der Waals surface area contributed by atoms with Gasteiger partial charge in [0.15, 0.2) is 5.96 Å². The third-order valence-electron chi connectivity index (χ3n) is 2.78. The molecule has 2 rings (SSSR count). The number of halogens is 2. The van der Waals surface area contributed by atoms with Crippen molar-refractivity contribution in [3.63, 3.8) is 0 Å². The van der Waals surface area contributed by atoms with Crippen LogP contribution in [-0.2, 0) is 13.1 Å². The molecular formula is C15H18FIN4. The summed E-state index contributed by atoms with van der Waals surface area (Å²) >= 11 is 0. The number of hydrogen-bond donors (Lipinski definition) is 2. The van der Waals surface area contributed by atoms with E-state index in [9.17, 15) is 4.39 Å². The third kappa shape index (κ3) is 5.66. The molecule has 0 fully saturated rings. The van der Waals surface area contributed by atoms with Gasteiger partial charge in [-0.3, -0.25) is 9.98 Å². The van der Waals surface area contributed by atoms with E-state index in [-0.39, 0.29) is 29.8 Å². The van der Waals surface area contributed by atoms with Gasteiger partial charge in [-0.2, -0.15) is 0 Å². The summed E-state index contributed by atoms with van der Waals surface area (Å²) in [6, 6.07) is 13.0. The summed E-state index contributed by atoms with van der Waals surface area (Å²) in [7, 11) is 1.68. The Kier molecular flexibility index (Phi) is 7.66. The Hall–Kier alpha value is -1.70. The summed E-state index contributed by atoms with van der Waals surface area (Å²) in [6.07, 6.45) is 1.57. The van der Waals surface area contributed by atoms with Gasteiger partial charge < -0.3 is 10.6 Å². The van der Waals surface area contributed by atoms with E-state index in [2.05, 4.69) is 20.6 Å². The highest BCUT2D eigenvalue weighted by atomic mass is 127. The first-order valence-electron chi connectivity index (χ1n) is 6.37. The molecule has 112 valence electrons. The van der Waals surface area contributed by atoms with Crippen molar-refractivity contribution in [2.75, 3.05) is 7.05 Å². The van der Waals surface area contributed by atoms with Gasteiger partial charge in [-0.25, -0.2) is 4.39 Å². The highest BCUT2D eigenvalue weighted by molar-refractivity contribution is 14.0. The van der Waals surface area contributed by atoms with E-state index in [0.717, 1.165) is 5.56 Å². The summed E-state index contributed by atoms with van der Waals surface area (Å²) in [4.78, 5) is 8.07. The largest absolute Gasteiger partial charge is 0.352 e. The molecule has 0 saturated carbocycles. The van der Waals surface area contributed by atoms with E-state index >= 15 is 0 Å². The summed E-state index contributed by atoms with van der Waals surface area (Å²) in [5.41, 5.74) is 1.52. The van der Waals surface area contributed by atoms with E-state index in [4.69, 9.17) is 0 Å². The van der Waals surface area contributed by atoms with E-state index < -0.39 is 0 Å². The molecule has 0 aliphatic rings. The van der Waals surface area contributed by atoms with Crippen molar-refractivity contribution in [2.24, 2.45) is 4.99 Å². The minimum absolute atomic E-state index is 0. The minimum Gasteiger partial charge on any atom is -0.352 e. The van der Waals surface area contributed by atoms with Crippen LogP contribution in [0.4, 0.5) is 4.39 Å². The molecule has 0 saturated heterocycles. The number of nitrogens with zero attached hydrogens (tertiary/aromatic N) is 2. The van der Waals surface area contributed by atoms with Gasteiger partial charge in [0.05, 0.1) is 12.2 Å². The van der Waals surface area contributed by atoms with Crippen molar-refractivity contribution in [1.29, 1.82) is 0 Å². The molecule has 1 aromatic carbocycles. The van der Waals surface area contributed by atoms with E-state index in [1.807, 2.05) is 30.3 Å². The fraction of sp³-hybridized carbons (Fsp3) is 0.200. The molecule has 2 N–H and O–H groups in total. The lowest BCUT2D eigenvalue weighted by Gasteiger charge is -2.11. The molecule has 0 spiro atoms. The highest BCUT2D eigenvalue weighted by Crippen LogP contribution is 2.01. The predicted octanol–water partition coefficient (Wildman–Crippen LogP) is 2.70. The zero-order valence-corrected chi connectivity index (χ0v) is 14.0.